The molecule has 0 atom stereocenters. The Morgan fingerprint density at radius 3 is 2.14 bits per heavy atom. The van der Waals surface area contributed by atoms with Gasteiger partial charge in [-0.2, -0.15) is 0 Å². The van der Waals surface area contributed by atoms with Crippen LogP contribution in [0.4, 0.5) is 0 Å². The molecule has 2 N–H and O–H groups in total. The number of aromatic nitrogens is 1. The van der Waals surface area contributed by atoms with Gasteiger partial charge in [-0.15, -0.1) is 0 Å². The van der Waals surface area contributed by atoms with E-state index in [2.05, 4.69) is 51.1 Å². The molecule has 0 saturated heterocycles. The van der Waals surface area contributed by atoms with Gasteiger partial charge in [0.1, 0.15) is 0 Å². The minimum atomic E-state index is 0.350. The number of aromatic amines is 1. The lowest BCUT2D eigenvalue weighted by atomic mass is 9.53. The molecule has 3 nitrogen and oxygen atoms in total. The highest BCUT2D eigenvalue weighted by Crippen LogP contribution is 2.55. The van der Waals surface area contributed by atoms with E-state index in [1.54, 1.807) is 0 Å². The molecule has 3 heteroatoms. The second kappa shape index (κ2) is 6.37. The zero-order valence-corrected chi connectivity index (χ0v) is 18.2. The van der Waals surface area contributed by atoms with Gasteiger partial charge in [0.2, 0.25) is 0 Å². The molecule has 150 valence electrons. The summed E-state index contributed by atoms with van der Waals surface area (Å²) < 4.78 is 0. The Morgan fingerprint density at radius 1 is 1.00 bits per heavy atom. The van der Waals surface area contributed by atoms with E-state index < -0.39 is 0 Å². The van der Waals surface area contributed by atoms with Gasteiger partial charge < -0.3 is 10.3 Å². The fraction of sp³-hybridized carbons (Fsp3) is 0.640. The normalized spacial score (nSPS) is 35.2. The third-order valence-corrected chi connectivity index (χ3v) is 8.27. The predicted molar refractivity (Wildman–Crippen MR) is 117 cm³/mol. The van der Waals surface area contributed by atoms with Crippen LogP contribution in [-0.4, -0.2) is 16.2 Å². The maximum atomic E-state index is 5.10. The van der Waals surface area contributed by atoms with Gasteiger partial charge in [-0.05, 0) is 113 Å². The van der Waals surface area contributed by atoms with Crippen molar-refractivity contribution in [3.05, 3.63) is 45.6 Å². The van der Waals surface area contributed by atoms with Crippen LogP contribution in [0, 0.1) is 31.6 Å². The average molecular weight is 378 g/mol. The van der Waals surface area contributed by atoms with Crippen LogP contribution in [-0.2, 0) is 6.42 Å². The third kappa shape index (κ3) is 2.73. The Kier molecular flexibility index (Phi) is 4.16. The van der Waals surface area contributed by atoms with Crippen molar-refractivity contribution in [2.75, 3.05) is 0 Å². The molecule has 0 aromatic carbocycles. The maximum absolute atomic E-state index is 5.10. The Hall–Kier alpha value is -1.77. The van der Waals surface area contributed by atoms with Crippen LogP contribution in [0.2, 0.25) is 0 Å². The van der Waals surface area contributed by atoms with Crippen molar-refractivity contribution in [3.8, 4) is 0 Å². The average Bonchev–Trinajstić information content (AvgIpc) is 3.08. The van der Waals surface area contributed by atoms with E-state index in [1.807, 2.05) is 0 Å². The van der Waals surface area contributed by atoms with E-state index in [1.165, 1.54) is 72.2 Å². The lowest BCUT2D eigenvalue weighted by Gasteiger charge is -2.57. The van der Waals surface area contributed by atoms with Gasteiger partial charge in [0.25, 0.3) is 0 Å². The standard InChI is InChI=1S/C25H35N3/c1-6-21-16(4)24(27-17(21)5)23-15(3)14(2)22(28-23)13-26-25-10-18-7-19(11-25)9-20(8-18)12-25/h13,18-20,26-27H,6-12H2,1-5H3/b22-13+. The molecule has 4 saturated carbocycles. The van der Waals surface area contributed by atoms with Crippen LogP contribution >= 0.6 is 0 Å². The SMILES string of the molecule is CCc1c(C)[nH]c(C2=N/C(=C/NC34CC5CC(CC(C5)C3)C4)C(C)=C2C)c1C. The molecule has 4 fully saturated rings. The van der Waals surface area contributed by atoms with Crippen molar-refractivity contribution < 1.29 is 0 Å². The summed E-state index contributed by atoms with van der Waals surface area (Å²) in [5.41, 5.74) is 10.5. The van der Waals surface area contributed by atoms with Crippen molar-refractivity contribution in [2.24, 2.45) is 22.7 Å². The molecule has 2 heterocycles. The number of aryl methyl sites for hydroxylation is 1. The summed E-state index contributed by atoms with van der Waals surface area (Å²) in [5.74, 6) is 2.90. The van der Waals surface area contributed by atoms with Gasteiger partial charge in [-0.1, -0.05) is 6.92 Å². The van der Waals surface area contributed by atoms with Crippen LogP contribution in [0.3, 0.4) is 0 Å². The van der Waals surface area contributed by atoms with Crippen LogP contribution in [0.5, 0.6) is 0 Å². The summed E-state index contributed by atoms with van der Waals surface area (Å²) >= 11 is 0. The zero-order valence-electron chi connectivity index (χ0n) is 18.2. The number of aliphatic imine (C=N–C) groups is 1. The summed E-state index contributed by atoms with van der Waals surface area (Å²) in [7, 11) is 0. The summed E-state index contributed by atoms with van der Waals surface area (Å²) in [6, 6.07) is 0. The highest BCUT2D eigenvalue weighted by molar-refractivity contribution is 6.15. The Labute approximate surface area is 169 Å². The molecule has 4 aliphatic carbocycles. The molecule has 0 radical (unpaired) electrons. The first-order chi connectivity index (χ1) is 13.4. The molecule has 0 spiro atoms. The molecular formula is C25H35N3. The quantitative estimate of drug-likeness (QED) is 0.691. The number of nitrogens with one attached hydrogen (secondary N) is 2. The number of hydrogen-bond acceptors (Lipinski definition) is 2. The van der Waals surface area contributed by atoms with Crippen molar-refractivity contribution in [2.45, 2.75) is 85.1 Å². The van der Waals surface area contributed by atoms with E-state index in [4.69, 9.17) is 4.99 Å². The number of nitrogens with zero attached hydrogens (tertiary/aromatic N) is 1. The molecule has 0 unspecified atom stereocenters. The van der Waals surface area contributed by atoms with Crippen molar-refractivity contribution in [3.63, 3.8) is 0 Å². The Bertz CT molecular complexity index is 873. The molecule has 1 aliphatic heterocycles. The molecule has 28 heavy (non-hydrogen) atoms. The van der Waals surface area contributed by atoms with Gasteiger partial charge in [0.05, 0.1) is 17.1 Å². The van der Waals surface area contributed by atoms with Crippen LogP contribution in [0.15, 0.2) is 28.0 Å². The first-order valence-electron chi connectivity index (χ1n) is 11.3. The lowest BCUT2D eigenvalue weighted by molar-refractivity contribution is -0.0130. The van der Waals surface area contributed by atoms with E-state index in [9.17, 15) is 0 Å². The first-order valence-corrected chi connectivity index (χ1v) is 11.3. The molecule has 1 aromatic rings. The van der Waals surface area contributed by atoms with Gasteiger partial charge >= 0.3 is 0 Å². The van der Waals surface area contributed by atoms with E-state index >= 15 is 0 Å². The molecule has 4 bridgehead atoms. The number of rotatable bonds is 4. The van der Waals surface area contributed by atoms with Gasteiger partial charge in [0, 0.05) is 17.4 Å². The molecule has 5 aliphatic rings. The summed E-state index contributed by atoms with van der Waals surface area (Å²) in [6.45, 7) is 11.1. The van der Waals surface area contributed by atoms with Crippen LogP contribution in [0.1, 0.15) is 81.8 Å². The molecule has 1 aromatic heterocycles. The number of H-pyrrole nitrogens is 1. The van der Waals surface area contributed by atoms with Crippen molar-refractivity contribution in [1.82, 2.24) is 10.3 Å². The summed E-state index contributed by atoms with van der Waals surface area (Å²) in [4.78, 5) is 8.71. The van der Waals surface area contributed by atoms with Crippen molar-refractivity contribution in [1.29, 1.82) is 0 Å². The second-order valence-electron chi connectivity index (χ2n) is 10.2. The smallest absolute Gasteiger partial charge is 0.0907 e. The number of allylic oxidation sites excluding steroid dienone is 2. The highest BCUT2D eigenvalue weighted by atomic mass is 15.0. The summed E-state index contributed by atoms with van der Waals surface area (Å²) in [5, 5.41) is 3.92. The van der Waals surface area contributed by atoms with E-state index in [0.717, 1.165) is 35.6 Å². The highest BCUT2D eigenvalue weighted by Gasteiger charge is 2.50. The topological polar surface area (TPSA) is 40.2 Å². The first kappa shape index (κ1) is 18.3. The molecule has 0 amide bonds. The molecule has 6 rings (SSSR count). The maximum Gasteiger partial charge on any atom is 0.0907 e. The predicted octanol–water partition coefficient (Wildman–Crippen LogP) is 5.73. The monoisotopic (exact) mass is 377 g/mol. The van der Waals surface area contributed by atoms with E-state index in [0.29, 0.717) is 5.54 Å². The number of hydrogen-bond donors (Lipinski definition) is 2. The minimum Gasteiger partial charge on any atom is -0.384 e. The minimum absolute atomic E-state index is 0.350. The molecular weight excluding hydrogens is 342 g/mol. The second-order valence-corrected chi connectivity index (χ2v) is 10.2. The lowest BCUT2D eigenvalue weighted by Crippen LogP contribution is -2.57. The van der Waals surface area contributed by atoms with Crippen molar-refractivity contribution >= 4 is 5.71 Å². The van der Waals surface area contributed by atoms with Crippen LogP contribution in [0.25, 0.3) is 0 Å². The Morgan fingerprint density at radius 2 is 1.61 bits per heavy atom. The zero-order chi connectivity index (χ0) is 19.6. The van der Waals surface area contributed by atoms with E-state index in [-0.39, 0.29) is 0 Å². The van der Waals surface area contributed by atoms with Gasteiger partial charge in [0.15, 0.2) is 0 Å². The Balaban J connectivity index is 1.43. The third-order valence-electron chi connectivity index (χ3n) is 8.27. The summed E-state index contributed by atoms with van der Waals surface area (Å²) in [6.07, 6.45) is 11.9. The fourth-order valence-corrected chi connectivity index (χ4v) is 7.11. The van der Waals surface area contributed by atoms with Gasteiger partial charge in [-0.25, -0.2) is 4.99 Å². The fourth-order valence-electron chi connectivity index (χ4n) is 7.11. The van der Waals surface area contributed by atoms with Gasteiger partial charge in [-0.3, -0.25) is 0 Å². The largest absolute Gasteiger partial charge is 0.384 e. The van der Waals surface area contributed by atoms with Crippen LogP contribution < -0.4 is 5.32 Å².